The molecule has 0 unspecified atom stereocenters. The van der Waals surface area contributed by atoms with Crippen molar-refractivity contribution >= 4 is 16.9 Å². The Morgan fingerprint density at radius 3 is 2.57 bits per heavy atom. The van der Waals surface area contributed by atoms with Crippen LogP contribution in [0.3, 0.4) is 0 Å². The SMILES string of the molecule is Cc1ccc2c(C)c(C(=O)N3C[C@@H](c4ccccc4)O[C@@H](C4CC4)C3)oc2c1. The number of hydrogen-bond acceptors (Lipinski definition) is 3. The van der Waals surface area contributed by atoms with E-state index < -0.39 is 0 Å². The molecule has 3 aromatic rings. The van der Waals surface area contributed by atoms with E-state index in [-0.39, 0.29) is 18.1 Å². The highest BCUT2D eigenvalue weighted by Crippen LogP contribution is 2.40. The summed E-state index contributed by atoms with van der Waals surface area (Å²) in [7, 11) is 0. The number of aryl methyl sites for hydroxylation is 2. The number of morpholine rings is 1. The van der Waals surface area contributed by atoms with Crippen LogP contribution < -0.4 is 0 Å². The van der Waals surface area contributed by atoms with Crippen molar-refractivity contribution in [3.8, 4) is 0 Å². The number of hydrogen-bond donors (Lipinski definition) is 0. The van der Waals surface area contributed by atoms with Gasteiger partial charge in [0, 0.05) is 17.5 Å². The molecule has 5 rings (SSSR count). The number of furan rings is 1. The Balaban J connectivity index is 1.47. The Morgan fingerprint density at radius 2 is 1.82 bits per heavy atom. The third-order valence-corrected chi connectivity index (χ3v) is 6.02. The second-order valence-electron chi connectivity index (χ2n) is 8.18. The van der Waals surface area contributed by atoms with Crippen molar-refractivity contribution in [2.45, 2.75) is 38.9 Å². The number of carbonyl (C=O) groups is 1. The zero-order valence-electron chi connectivity index (χ0n) is 16.4. The molecule has 1 aliphatic carbocycles. The van der Waals surface area contributed by atoms with Gasteiger partial charge in [0.1, 0.15) is 11.7 Å². The number of fused-ring (bicyclic) bond motifs is 1. The molecule has 4 heteroatoms. The van der Waals surface area contributed by atoms with Crippen LogP contribution in [0, 0.1) is 19.8 Å². The summed E-state index contributed by atoms with van der Waals surface area (Å²) >= 11 is 0. The summed E-state index contributed by atoms with van der Waals surface area (Å²) in [5, 5.41) is 1.01. The largest absolute Gasteiger partial charge is 0.451 e. The molecule has 2 aromatic carbocycles. The zero-order chi connectivity index (χ0) is 19.3. The molecule has 144 valence electrons. The van der Waals surface area contributed by atoms with Gasteiger partial charge in [-0.25, -0.2) is 0 Å². The predicted molar refractivity (Wildman–Crippen MR) is 108 cm³/mol. The molecule has 1 aromatic heterocycles. The van der Waals surface area contributed by atoms with E-state index in [1.807, 2.05) is 49.1 Å². The number of rotatable bonds is 3. The van der Waals surface area contributed by atoms with Crippen molar-refractivity contribution < 1.29 is 13.9 Å². The van der Waals surface area contributed by atoms with Crippen molar-refractivity contribution in [1.82, 2.24) is 4.90 Å². The fourth-order valence-electron chi connectivity index (χ4n) is 4.21. The van der Waals surface area contributed by atoms with E-state index in [1.165, 1.54) is 12.8 Å². The van der Waals surface area contributed by atoms with Crippen molar-refractivity contribution in [2.24, 2.45) is 5.92 Å². The van der Waals surface area contributed by atoms with Crippen molar-refractivity contribution in [1.29, 1.82) is 0 Å². The van der Waals surface area contributed by atoms with Crippen LogP contribution in [0.25, 0.3) is 11.0 Å². The summed E-state index contributed by atoms with van der Waals surface area (Å²) < 4.78 is 12.4. The lowest BCUT2D eigenvalue weighted by atomic mass is 10.0. The standard InChI is InChI=1S/C24H25NO3/c1-15-8-11-19-16(2)23(28-20(19)12-15)24(26)25-13-21(17-6-4-3-5-7-17)27-22(14-25)18-9-10-18/h3-8,11-12,18,21-22H,9-10,13-14H2,1-2H3/t21-,22+/m0/s1. The Kier molecular flexibility index (Phi) is 4.24. The molecule has 2 atom stereocenters. The predicted octanol–water partition coefficient (Wildman–Crippen LogP) is 5.04. The van der Waals surface area contributed by atoms with Crippen molar-refractivity contribution in [2.75, 3.05) is 13.1 Å². The van der Waals surface area contributed by atoms with Crippen LogP contribution in [0.2, 0.25) is 0 Å². The highest BCUT2D eigenvalue weighted by atomic mass is 16.5. The number of carbonyl (C=O) groups excluding carboxylic acids is 1. The first-order valence-corrected chi connectivity index (χ1v) is 10.1. The van der Waals surface area contributed by atoms with Gasteiger partial charge in [0.05, 0.1) is 12.6 Å². The Hall–Kier alpha value is -2.59. The van der Waals surface area contributed by atoms with Crippen LogP contribution in [-0.4, -0.2) is 30.0 Å². The van der Waals surface area contributed by atoms with E-state index >= 15 is 0 Å². The molecule has 0 radical (unpaired) electrons. The molecule has 4 nitrogen and oxygen atoms in total. The topological polar surface area (TPSA) is 42.7 Å². The summed E-state index contributed by atoms with van der Waals surface area (Å²) in [6.07, 6.45) is 2.40. The molecule has 2 aliphatic rings. The first-order chi connectivity index (χ1) is 13.6. The number of amides is 1. The third-order valence-electron chi connectivity index (χ3n) is 6.02. The maximum atomic E-state index is 13.4. The molecule has 0 bridgehead atoms. The molecular formula is C24H25NO3. The monoisotopic (exact) mass is 375 g/mol. The molecule has 2 heterocycles. The Morgan fingerprint density at radius 1 is 1.04 bits per heavy atom. The molecular weight excluding hydrogens is 350 g/mol. The maximum Gasteiger partial charge on any atom is 0.290 e. The van der Waals surface area contributed by atoms with E-state index in [1.54, 1.807) is 0 Å². The molecule has 2 fully saturated rings. The highest BCUT2D eigenvalue weighted by molar-refractivity contribution is 5.99. The minimum absolute atomic E-state index is 0.0266. The minimum atomic E-state index is -0.0866. The number of nitrogens with zero attached hydrogens (tertiary/aromatic N) is 1. The van der Waals surface area contributed by atoms with Gasteiger partial charge >= 0.3 is 0 Å². The summed E-state index contributed by atoms with van der Waals surface area (Å²) in [5.74, 6) is 1.01. The van der Waals surface area contributed by atoms with Crippen molar-refractivity contribution in [3.63, 3.8) is 0 Å². The van der Waals surface area contributed by atoms with Crippen LogP contribution in [0.4, 0.5) is 0 Å². The Bertz CT molecular complexity index is 1020. The van der Waals surface area contributed by atoms with Gasteiger partial charge in [-0.15, -0.1) is 0 Å². The van der Waals surface area contributed by atoms with Crippen LogP contribution in [-0.2, 0) is 4.74 Å². The molecule has 0 N–H and O–H groups in total. The molecule has 28 heavy (non-hydrogen) atoms. The molecule has 0 spiro atoms. The van der Waals surface area contributed by atoms with Gasteiger partial charge in [-0.2, -0.15) is 0 Å². The summed E-state index contributed by atoms with van der Waals surface area (Å²) in [6, 6.07) is 16.3. The zero-order valence-corrected chi connectivity index (χ0v) is 16.4. The summed E-state index contributed by atoms with van der Waals surface area (Å²) in [6.45, 7) is 5.21. The third kappa shape index (κ3) is 3.12. The van der Waals surface area contributed by atoms with Crippen LogP contribution in [0.1, 0.15) is 46.2 Å². The highest BCUT2D eigenvalue weighted by Gasteiger charge is 2.41. The average Bonchev–Trinajstić information content (AvgIpc) is 3.52. The van der Waals surface area contributed by atoms with Gasteiger partial charge in [0.2, 0.25) is 0 Å². The van der Waals surface area contributed by atoms with Crippen LogP contribution in [0.5, 0.6) is 0 Å². The maximum absolute atomic E-state index is 13.4. The van der Waals surface area contributed by atoms with Gasteiger partial charge in [-0.05, 0) is 49.8 Å². The van der Waals surface area contributed by atoms with Crippen LogP contribution >= 0.6 is 0 Å². The van der Waals surface area contributed by atoms with Gasteiger partial charge < -0.3 is 14.1 Å². The van der Waals surface area contributed by atoms with Gasteiger partial charge in [-0.3, -0.25) is 4.79 Å². The second kappa shape index (κ2) is 6.78. The Labute approximate surface area is 165 Å². The number of benzene rings is 2. The van der Waals surface area contributed by atoms with E-state index in [0.717, 1.165) is 27.7 Å². The fourth-order valence-corrected chi connectivity index (χ4v) is 4.21. The van der Waals surface area contributed by atoms with E-state index in [4.69, 9.17) is 9.15 Å². The fraction of sp³-hybridized carbons (Fsp3) is 0.375. The molecule has 1 amide bonds. The van der Waals surface area contributed by atoms with E-state index in [9.17, 15) is 4.79 Å². The normalized spacial score (nSPS) is 22.6. The quantitative estimate of drug-likeness (QED) is 0.644. The lowest BCUT2D eigenvalue weighted by molar-refractivity contribution is -0.0868. The van der Waals surface area contributed by atoms with E-state index in [0.29, 0.717) is 24.8 Å². The first-order valence-electron chi connectivity index (χ1n) is 10.1. The molecule has 1 saturated heterocycles. The van der Waals surface area contributed by atoms with Gasteiger partial charge in [-0.1, -0.05) is 42.5 Å². The molecule has 1 aliphatic heterocycles. The number of ether oxygens (including phenoxy) is 1. The lowest BCUT2D eigenvalue weighted by Crippen LogP contribution is -2.47. The van der Waals surface area contributed by atoms with E-state index in [2.05, 4.69) is 18.2 Å². The van der Waals surface area contributed by atoms with Gasteiger partial charge in [0.25, 0.3) is 5.91 Å². The molecule has 1 saturated carbocycles. The van der Waals surface area contributed by atoms with Crippen LogP contribution in [0.15, 0.2) is 52.9 Å². The van der Waals surface area contributed by atoms with Crippen molar-refractivity contribution in [3.05, 3.63) is 71.0 Å². The minimum Gasteiger partial charge on any atom is -0.451 e. The average molecular weight is 375 g/mol. The second-order valence-corrected chi connectivity index (χ2v) is 8.18. The smallest absolute Gasteiger partial charge is 0.290 e. The lowest BCUT2D eigenvalue weighted by Gasteiger charge is -2.38. The van der Waals surface area contributed by atoms with Gasteiger partial charge in [0.15, 0.2) is 5.76 Å². The summed E-state index contributed by atoms with van der Waals surface area (Å²) in [5.41, 5.74) is 3.96. The summed E-state index contributed by atoms with van der Waals surface area (Å²) in [4.78, 5) is 15.3. The first kappa shape index (κ1) is 17.5.